The van der Waals surface area contributed by atoms with E-state index in [-0.39, 0.29) is 24.0 Å². The number of benzene rings is 1. The summed E-state index contributed by atoms with van der Waals surface area (Å²) in [5, 5.41) is 12.3. The molecule has 1 aromatic rings. The van der Waals surface area contributed by atoms with Crippen LogP contribution in [0.2, 0.25) is 0 Å². The monoisotopic (exact) mass is 442 g/mol. The number of nitrogens with one attached hydrogen (secondary N) is 1. The summed E-state index contributed by atoms with van der Waals surface area (Å²) in [7, 11) is 0. The summed E-state index contributed by atoms with van der Waals surface area (Å²) in [4.78, 5) is 7.03. The van der Waals surface area contributed by atoms with Gasteiger partial charge in [0.2, 0.25) is 0 Å². The second-order valence-corrected chi connectivity index (χ2v) is 5.62. The first-order valence-corrected chi connectivity index (χ1v) is 8.40. The molecule has 0 saturated carbocycles. The molecule has 0 unspecified atom stereocenters. The SMILES string of the molecule is CCNC(=NCc1cccc(C#N)c1)N1CCC(OCC)CC1.I. The average Bonchev–Trinajstić information content (AvgIpc) is 2.60. The molecule has 1 N–H and O–H groups in total. The molecule has 0 aliphatic carbocycles. The van der Waals surface area contributed by atoms with Crippen LogP contribution in [-0.2, 0) is 11.3 Å². The topological polar surface area (TPSA) is 60.7 Å². The second-order valence-electron chi connectivity index (χ2n) is 5.62. The highest BCUT2D eigenvalue weighted by Crippen LogP contribution is 2.14. The summed E-state index contributed by atoms with van der Waals surface area (Å²) in [6.45, 7) is 8.29. The molecule has 1 heterocycles. The highest BCUT2D eigenvalue weighted by atomic mass is 127. The van der Waals surface area contributed by atoms with Gasteiger partial charge in [0.1, 0.15) is 0 Å². The first-order valence-electron chi connectivity index (χ1n) is 8.40. The summed E-state index contributed by atoms with van der Waals surface area (Å²) in [6, 6.07) is 9.80. The largest absolute Gasteiger partial charge is 0.378 e. The van der Waals surface area contributed by atoms with Crippen LogP contribution in [0.1, 0.15) is 37.8 Å². The molecular weight excluding hydrogens is 415 g/mol. The zero-order valence-electron chi connectivity index (χ0n) is 14.5. The molecule has 0 spiro atoms. The highest BCUT2D eigenvalue weighted by molar-refractivity contribution is 14.0. The van der Waals surface area contributed by atoms with E-state index in [2.05, 4.69) is 23.2 Å². The summed E-state index contributed by atoms with van der Waals surface area (Å²) >= 11 is 0. The van der Waals surface area contributed by atoms with Crippen LogP contribution in [0.15, 0.2) is 29.3 Å². The van der Waals surface area contributed by atoms with Crippen molar-refractivity contribution < 1.29 is 4.74 Å². The van der Waals surface area contributed by atoms with Crippen molar-refractivity contribution in [3.8, 4) is 6.07 Å². The number of halogens is 1. The molecule has 0 amide bonds. The fourth-order valence-electron chi connectivity index (χ4n) is 2.80. The van der Waals surface area contributed by atoms with E-state index >= 15 is 0 Å². The molecule has 5 nitrogen and oxygen atoms in total. The molecular formula is C18H27IN4O. The van der Waals surface area contributed by atoms with Gasteiger partial charge in [-0.2, -0.15) is 5.26 Å². The zero-order valence-corrected chi connectivity index (χ0v) is 16.8. The number of aliphatic imine (C=N–C) groups is 1. The Balaban J connectivity index is 0.00000288. The van der Waals surface area contributed by atoms with Crippen LogP contribution in [0.5, 0.6) is 0 Å². The second kappa shape index (κ2) is 11.3. The number of guanidine groups is 1. The van der Waals surface area contributed by atoms with Crippen molar-refractivity contribution in [2.24, 2.45) is 4.99 Å². The van der Waals surface area contributed by atoms with Gasteiger partial charge in [0.25, 0.3) is 0 Å². The van der Waals surface area contributed by atoms with Crippen molar-refractivity contribution in [2.75, 3.05) is 26.2 Å². The minimum Gasteiger partial charge on any atom is -0.378 e. The van der Waals surface area contributed by atoms with Gasteiger partial charge in [-0.05, 0) is 44.4 Å². The Bertz CT molecular complexity index is 562. The van der Waals surface area contributed by atoms with Crippen molar-refractivity contribution in [1.82, 2.24) is 10.2 Å². The number of nitriles is 1. The lowest BCUT2D eigenvalue weighted by Crippen LogP contribution is -2.47. The number of ether oxygens (including phenoxy) is 1. The van der Waals surface area contributed by atoms with Gasteiger partial charge in [-0.3, -0.25) is 0 Å². The molecule has 24 heavy (non-hydrogen) atoms. The predicted octanol–water partition coefficient (Wildman–Crippen LogP) is 3.14. The smallest absolute Gasteiger partial charge is 0.194 e. The van der Waals surface area contributed by atoms with Gasteiger partial charge in [-0.25, -0.2) is 4.99 Å². The average molecular weight is 442 g/mol. The van der Waals surface area contributed by atoms with E-state index in [1.807, 2.05) is 31.2 Å². The quantitative estimate of drug-likeness (QED) is 0.433. The van der Waals surface area contributed by atoms with E-state index < -0.39 is 0 Å². The van der Waals surface area contributed by atoms with Crippen LogP contribution >= 0.6 is 24.0 Å². The van der Waals surface area contributed by atoms with Gasteiger partial charge in [0.15, 0.2) is 5.96 Å². The van der Waals surface area contributed by atoms with Gasteiger partial charge < -0.3 is 15.0 Å². The third kappa shape index (κ3) is 6.29. The minimum atomic E-state index is 0. The Kier molecular flexibility index (Phi) is 9.72. The van der Waals surface area contributed by atoms with Gasteiger partial charge >= 0.3 is 0 Å². The number of nitrogens with zero attached hydrogens (tertiary/aromatic N) is 3. The number of hydrogen-bond donors (Lipinski definition) is 1. The van der Waals surface area contributed by atoms with Crippen LogP contribution in [-0.4, -0.2) is 43.2 Å². The fraction of sp³-hybridized carbons (Fsp3) is 0.556. The van der Waals surface area contributed by atoms with Gasteiger partial charge in [-0.1, -0.05) is 12.1 Å². The number of likely N-dealkylation sites (tertiary alicyclic amines) is 1. The van der Waals surface area contributed by atoms with Crippen molar-refractivity contribution >= 4 is 29.9 Å². The van der Waals surface area contributed by atoms with E-state index in [1.165, 1.54) is 0 Å². The maximum absolute atomic E-state index is 8.98. The molecule has 1 fully saturated rings. The van der Waals surface area contributed by atoms with Gasteiger partial charge in [-0.15, -0.1) is 24.0 Å². The molecule has 1 saturated heterocycles. The standard InChI is InChI=1S/C18H26N4O.HI/c1-3-20-18(22-10-8-17(9-11-22)23-4-2)21-14-16-7-5-6-15(12-16)13-19;/h5-7,12,17H,3-4,8-11,14H2,1-2H3,(H,20,21);1H. The fourth-order valence-corrected chi connectivity index (χ4v) is 2.80. The number of hydrogen-bond acceptors (Lipinski definition) is 3. The molecule has 0 aromatic heterocycles. The summed E-state index contributed by atoms with van der Waals surface area (Å²) in [6.07, 6.45) is 2.47. The Hall–Kier alpha value is -1.33. The van der Waals surface area contributed by atoms with Gasteiger partial charge in [0.05, 0.1) is 24.3 Å². The first kappa shape index (κ1) is 20.7. The third-order valence-electron chi connectivity index (χ3n) is 3.95. The molecule has 0 radical (unpaired) electrons. The van der Waals surface area contributed by atoms with E-state index in [1.54, 1.807) is 0 Å². The van der Waals surface area contributed by atoms with Crippen LogP contribution < -0.4 is 5.32 Å². The van der Waals surface area contributed by atoms with Crippen LogP contribution in [0.4, 0.5) is 0 Å². The Labute approximate surface area is 162 Å². The van der Waals surface area contributed by atoms with E-state index in [4.69, 9.17) is 15.0 Å². The molecule has 1 aromatic carbocycles. The summed E-state index contributed by atoms with van der Waals surface area (Å²) in [5.74, 6) is 0.949. The maximum atomic E-state index is 8.98. The van der Waals surface area contributed by atoms with E-state index in [0.717, 1.165) is 50.6 Å². The molecule has 1 aliphatic heterocycles. The summed E-state index contributed by atoms with van der Waals surface area (Å²) < 4.78 is 5.71. The lowest BCUT2D eigenvalue weighted by atomic mass is 10.1. The van der Waals surface area contributed by atoms with E-state index in [0.29, 0.717) is 18.2 Å². The predicted molar refractivity (Wildman–Crippen MR) is 108 cm³/mol. The maximum Gasteiger partial charge on any atom is 0.194 e. The third-order valence-corrected chi connectivity index (χ3v) is 3.95. The molecule has 2 rings (SSSR count). The zero-order chi connectivity index (χ0) is 16.5. The highest BCUT2D eigenvalue weighted by Gasteiger charge is 2.21. The first-order chi connectivity index (χ1) is 11.3. The Morgan fingerprint density at radius 1 is 1.38 bits per heavy atom. The van der Waals surface area contributed by atoms with Crippen LogP contribution in [0.3, 0.4) is 0 Å². The molecule has 1 aliphatic rings. The molecule has 6 heteroatoms. The number of rotatable bonds is 5. The van der Waals surface area contributed by atoms with Crippen molar-refractivity contribution in [3.05, 3.63) is 35.4 Å². The molecule has 132 valence electrons. The van der Waals surface area contributed by atoms with E-state index in [9.17, 15) is 0 Å². The Morgan fingerprint density at radius 2 is 2.12 bits per heavy atom. The lowest BCUT2D eigenvalue weighted by molar-refractivity contribution is 0.0263. The lowest BCUT2D eigenvalue weighted by Gasteiger charge is -2.34. The van der Waals surface area contributed by atoms with Gasteiger partial charge in [0, 0.05) is 26.2 Å². The van der Waals surface area contributed by atoms with Crippen molar-refractivity contribution in [3.63, 3.8) is 0 Å². The number of piperidine rings is 1. The van der Waals surface area contributed by atoms with Crippen LogP contribution in [0.25, 0.3) is 0 Å². The Morgan fingerprint density at radius 3 is 2.75 bits per heavy atom. The molecule has 0 atom stereocenters. The van der Waals surface area contributed by atoms with Crippen LogP contribution in [0, 0.1) is 11.3 Å². The minimum absolute atomic E-state index is 0. The van der Waals surface area contributed by atoms with Crippen molar-refractivity contribution in [1.29, 1.82) is 5.26 Å². The van der Waals surface area contributed by atoms with Crippen molar-refractivity contribution in [2.45, 2.75) is 39.3 Å². The molecule has 0 bridgehead atoms. The summed E-state index contributed by atoms with van der Waals surface area (Å²) in [5.41, 5.74) is 1.74. The normalized spacial score (nSPS) is 15.5.